The Labute approximate surface area is 169 Å². The molecule has 0 aliphatic carbocycles. The maximum atomic E-state index is 12.9. The summed E-state index contributed by atoms with van der Waals surface area (Å²) in [6.07, 6.45) is 1.66. The highest BCUT2D eigenvalue weighted by Gasteiger charge is 2.25. The predicted octanol–water partition coefficient (Wildman–Crippen LogP) is 4.88. The van der Waals surface area contributed by atoms with Crippen LogP contribution >= 0.6 is 0 Å². The summed E-state index contributed by atoms with van der Waals surface area (Å²) in [5.41, 5.74) is 2.01. The van der Waals surface area contributed by atoms with Crippen LogP contribution in [0.2, 0.25) is 0 Å². The van der Waals surface area contributed by atoms with E-state index in [9.17, 15) is 18.5 Å². The molecule has 0 saturated heterocycles. The van der Waals surface area contributed by atoms with Crippen LogP contribution in [0.25, 0.3) is 5.57 Å². The number of nitro groups is 1. The van der Waals surface area contributed by atoms with Gasteiger partial charge in [0.2, 0.25) is 0 Å². The molecule has 0 aliphatic rings. The van der Waals surface area contributed by atoms with Crippen LogP contribution in [-0.4, -0.2) is 19.1 Å². The highest BCUT2D eigenvalue weighted by atomic mass is 32.2. The maximum Gasteiger partial charge on any atom is 0.289 e. The van der Waals surface area contributed by atoms with E-state index in [2.05, 4.69) is 4.40 Å². The molecule has 7 heteroatoms. The van der Waals surface area contributed by atoms with Crippen molar-refractivity contribution in [3.05, 3.63) is 112 Å². The van der Waals surface area contributed by atoms with Gasteiger partial charge in [0.05, 0.1) is 10.6 Å². The Hall–Kier alpha value is -3.58. The molecule has 146 valence electrons. The third-order valence-electron chi connectivity index (χ3n) is 4.21. The van der Waals surface area contributed by atoms with Gasteiger partial charge < -0.3 is 0 Å². The third-order valence-corrected chi connectivity index (χ3v) is 5.55. The van der Waals surface area contributed by atoms with Crippen molar-refractivity contribution in [3.63, 3.8) is 0 Å². The van der Waals surface area contributed by atoms with E-state index in [0.717, 1.165) is 17.2 Å². The standard InChI is InChI=1S/C22H18N2O4S/c1-17(18-10-4-2-5-11-18)16-20(19-12-6-3-7-13-19)23-29(27,28)22-15-9-8-14-21(22)24(25)26/h2-16H,1H3/b17-16+,23-20-. The fraction of sp³-hybridized carbons (Fsp3) is 0.0455. The first kappa shape index (κ1) is 20.2. The van der Waals surface area contributed by atoms with Crippen molar-refractivity contribution < 1.29 is 13.3 Å². The van der Waals surface area contributed by atoms with Crippen LogP contribution in [0.15, 0.2) is 100 Å². The average Bonchev–Trinajstić information content (AvgIpc) is 2.74. The van der Waals surface area contributed by atoms with Gasteiger partial charge in [-0.2, -0.15) is 12.8 Å². The summed E-state index contributed by atoms with van der Waals surface area (Å²) in [6.45, 7) is 1.85. The summed E-state index contributed by atoms with van der Waals surface area (Å²) in [7, 11) is -4.31. The molecule has 29 heavy (non-hydrogen) atoms. The molecule has 0 aromatic heterocycles. The summed E-state index contributed by atoms with van der Waals surface area (Å²) < 4.78 is 29.8. The Morgan fingerprint density at radius 1 is 0.862 bits per heavy atom. The number of hydrogen-bond acceptors (Lipinski definition) is 4. The van der Waals surface area contributed by atoms with E-state index in [0.29, 0.717) is 5.56 Å². The van der Waals surface area contributed by atoms with E-state index >= 15 is 0 Å². The van der Waals surface area contributed by atoms with E-state index in [4.69, 9.17) is 0 Å². The van der Waals surface area contributed by atoms with Gasteiger partial charge in [0, 0.05) is 11.6 Å². The van der Waals surface area contributed by atoms with Crippen molar-refractivity contribution >= 4 is 27.0 Å². The zero-order valence-electron chi connectivity index (χ0n) is 15.6. The monoisotopic (exact) mass is 406 g/mol. The number of benzene rings is 3. The normalized spacial score (nSPS) is 12.6. The Bertz CT molecular complexity index is 1190. The van der Waals surface area contributed by atoms with Gasteiger partial charge in [0.15, 0.2) is 4.90 Å². The predicted molar refractivity (Wildman–Crippen MR) is 113 cm³/mol. The number of hydrogen-bond donors (Lipinski definition) is 0. The Morgan fingerprint density at radius 3 is 1.97 bits per heavy atom. The topological polar surface area (TPSA) is 89.6 Å². The second-order valence-electron chi connectivity index (χ2n) is 6.24. The molecule has 0 unspecified atom stereocenters. The summed E-state index contributed by atoms with van der Waals surface area (Å²) in [5, 5.41) is 11.3. The summed E-state index contributed by atoms with van der Waals surface area (Å²) in [5.74, 6) is 0. The van der Waals surface area contributed by atoms with Gasteiger partial charge in [-0.15, -0.1) is 0 Å². The minimum atomic E-state index is -4.31. The number of rotatable bonds is 6. The zero-order chi connectivity index (χ0) is 20.9. The fourth-order valence-electron chi connectivity index (χ4n) is 2.77. The van der Waals surface area contributed by atoms with Crippen LogP contribution in [0.5, 0.6) is 0 Å². The summed E-state index contributed by atoms with van der Waals surface area (Å²) in [4.78, 5) is 10.1. The van der Waals surface area contributed by atoms with E-state index in [1.54, 1.807) is 30.3 Å². The van der Waals surface area contributed by atoms with Crippen LogP contribution in [0.1, 0.15) is 18.1 Å². The second kappa shape index (κ2) is 8.62. The smallest absolute Gasteiger partial charge is 0.258 e. The molecule has 0 radical (unpaired) electrons. The van der Waals surface area contributed by atoms with Gasteiger partial charge in [-0.05, 0) is 30.2 Å². The first-order valence-electron chi connectivity index (χ1n) is 8.76. The average molecular weight is 406 g/mol. The van der Waals surface area contributed by atoms with Crippen LogP contribution in [0.4, 0.5) is 5.69 Å². The van der Waals surface area contributed by atoms with Gasteiger partial charge in [-0.25, -0.2) is 0 Å². The van der Waals surface area contributed by atoms with Crippen molar-refractivity contribution in [3.8, 4) is 0 Å². The molecule has 0 atom stereocenters. The van der Waals surface area contributed by atoms with E-state index in [1.807, 2.05) is 43.3 Å². The van der Waals surface area contributed by atoms with Crippen molar-refractivity contribution in [1.82, 2.24) is 0 Å². The van der Waals surface area contributed by atoms with Crippen molar-refractivity contribution in [2.45, 2.75) is 11.8 Å². The molecule has 0 aliphatic heterocycles. The molecule has 0 N–H and O–H groups in total. The lowest BCUT2D eigenvalue weighted by atomic mass is 10.0. The van der Waals surface area contributed by atoms with Gasteiger partial charge >= 0.3 is 0 Å². The fourth-order valence-corrected chi connectivity index (χ4v) is 3.94. The molecule has 0 saturated carbocycles. The first-order chi connectivity index (χ1) is 13.9. The molecule has 3 aromatic rings. The molecule has 0 bridgehead atoms. The summed E-state index contributed by atoms with van der Waals surface area (Å²) >= 11 is 0. The number of para-hydroxylation sites is 1. The van der Waals surface area contributed by atoms with E-state index in [1.165, 1.54) is 18.2 Å². The number of nitrogens with zero attached hydrogens (tertiary/aromatic N) is 2. The quantitative estimate of drug-likeness (QED) is 0.332. The van der Waals surface area contributed by atoms with Gasteiger partial charge in [0.25, 0.3) is 15.7 Å². The highest BCUT2D eigenvalue weighted by molar-refractivity contribution is 7.90. The molecule has 0 heterocycles. The van der Waals surface area contributed by atoms with Gasteiger partial charge in [0.1, 0.15) is 0 Å². The lowest BCUT2D eigenvalue weighted by Crippen LogP contribution is -2.07. The number of sulfonamides is 1. The first-order valence-corrected chi connectivity index (χ1v) is 10.2. The van der Waals surface area contributed by atoms with Crippen molar-refractivity contribution in [2.75, 3.05) is 0 Å². The van der Waals surface area contributed by atoms with Crippen molar-refractivity contribution in [1.29, 1.82) is 0 Å². The molecule has 3 rings (SSSR count). The Balaban J connectivity index is 2.17. The van der Waals surface area contributed by atoms with Crippen LogP contribution in [0.3, 0.4) is 0 Å². The van der Waals surface area contributed by atoms with Crippen LogP contribution < -0.4 is 0 Å². The molecule has 6 nitrogen and oxygen atoms in total. The highest BCUT2D eigenvalue weighted by Crippen LogP contribution is 2.26. The lowest BCUT2D eigenvalue weighted by molar-refractivity contribution is -0.387. The minimum absolute atomic E-state index is 0.199. The van der Waals surface area contributed by atoms with E-state index < -0.39 is 25.5 Å². The minimum Gasteiger partial charge on any atom is -0.258 e. The zero-order valence-corrected chi connectivity index (χ0v) is 16.4. The molecule has 3 aromatic carbocycles. The molecule has 0 spiro atoms. The molecule has 0 fully saturated rings. The lowest BCUT2D eigenvalue weighted by Gasteiger charge is -2.07. The number of allylic oxidation sites excluding steroid dienone is 2. The summed E-state index contributed by atoms with van der Waals surface area (Å²) in [6, 6.07) is 23.5. The maximum absolute atomic E-state index is 12.9. The Morgan fingerprint density at radius 2 is 1.38 bits per heavy atom. The number of nitro benzene ring substituents is 1. The second-order valence-corrected chi connectivity index (χ2v) is 7.81. The SMILES string of the molecule is C/C(=C\C(=N\S(=O)(=O)c1ccccc1[N+](=O)[O-])c1ccccc1)c1ccccc1. The molecular weight excluding hydrogens is 388 g/mol. The van der Waals surface area contributed by atoms with E-state index in [-0.39, 0.29) is 5.71 Å². The van der Waals surface area contributed by atoms with Crippen LogP contribution in [-0.2, 0) is 10.0 Å². The van der Waals surface area contributed by atoms with Crippen LogP contribution in [0, 0.1) is 10.1 Å². The Kier molecular flexibility index (Phi) is 5.99. The largest absolute Gasteiger partial charge is 0.289 e. The third kappa shape index (κ3) is 4.83. The van der Waals surface area contributed by atoms with Gasteiger partial charge in [-0.3, -0.25) is 10.1 Å². The molecule has 0 amide bonds. The van der Waals surface area contributed by atoms with Crippen molar-refractivity contribution in [2.24, 2.45) is 4.40 Å². The van der Waals surface area contributed by atoms with Gasteiger partial charge in [-0.1, -0.05) is 72.8 Å². The molecular formula is C22H18N2O4S.